The number of benzene rings is 2. The van der Waals surface area contributed by atoms with Crippen LogP contribution in [0.4, 0.5) is 5.69 Å². The first kappa shape index (κ1) is 19.2. The molecule has 0 radical (unpaired) electrons. The number of esters is 1. The zero-order valence-electron chi connectivity index (χ0n) is 15.5. The van der Waals surface area contributed by atoms with Crippen molar-refractivity contribution in [2.45, 2.75) is 13.0 Å². The molecule has 2 aromatic rings. The van der Waals surface area contributed by atoms with Crippen molar-refractivity contribution >= 4 is 29.2 Å². The lowest BCUT2D eigenvalue weighted by Crippen LogP contribution is -2.30. The first-order valence-electron chi connectivity index (χ1n) is 9.02. The van der Waals surface area contributed by atoms with Crippen LogP contribution < -0.4 is 24.3 Å². The Kier molecular flexibility index (Phi) is 5.35. The normalized spacial score (nSPS) is 15.2. The molecular formula is C20H18ClNO7. The highest BCUT2D eigenvalue weighted by Gasteiger charge is 2.24. The molecule has 0 fully saturated rings. The van der Waals surface area contributed by atoms with Gasteiger partial charge in [0.1, 0.15) is 26.4 Å². The molecule has 0 unspecified atom stereocenters. The third-order valence-corrected chi connectivity index (χ3v) is 4.58. The second-order valence-electron chi connectivity index (χ2n) is 6.38. The van der Waals surface area contributed by atoms with Crippen LogP contribution in [0.2, 0.25) is 5.02 Å². The number of nitrogens with one attached hydrogen (secondary N) is 1. The number of rotatable bonds is 4. The Bertz CT molecular complexity index is 962. The maximum Gasteiger partial charge on any atom is 0.339 e. The SMILES string of the molecule is C[C@H](OC(=O)c1cc(Cl)c2c(c1)OCCO2)C(=O)Nc1ccc2c(c1)OCCO2. The molecule has 9 heteroatoms. The molecule has 0 aromatic heterocycles. The Balaban J connectivity index is 1.41. The van der Waals surface area contributed by atoms with E-state index in [4.69, 9.17) is 35.3 Å². The smallest absolute Gasteiger partial charge is 0.339 e. The number of anilines is 1. The summed E-state index contributed by atoms with van der Waals surface area (Å²) in [7, 11) is 0. The van der Waals surface area contributed by atoms with Crippen LogP contribution in [0.5, 0.6) is 23.0 Å². The van der Waals surface area contributed by atoms with Gasteiger partial charge in [0.15, 0.2) is 29.1 Å². The molecule has 2 aliphatic heterocycles. The summed E-state index contributed by atoms with van der Waals surface area (Å²) in [5.41, 5.74) is 0.669. The largest absolute Gasteiger partial charge is 0.486 e. The molecule has 2 aliphatic rings. The fourth-order valence-electron chi connectivity index (χ4n) is 2.88. The van der Waals surface area contributed by atoms with Gasteiger partial charge in [-0.3, -0.25) is 4.79 Å². The molecule has 152 valence electrons. The fourth-order valence-corrected chi connectivity index (χ4v) is 3.14. The Labute approximate surface area is 171 Å². The van der Waals surface area contributed by atoms with Gasteiger partial charge in [0, 0.05) is 11.8 Å². The quantitative estimate of drug-likeness (QED) is 0.761. The van der Waals surface area contributed by atoms with Crippen molar-refractivity contribution in [1.82, 2.24) is 0 Å². The highest BCUT2D eigenvalue weighted by atomic mass is 35.5. The van der Waals surface area contributed by atoms with Gasteiger partial charge >= 0.3 is 5.97 Å². The van der Waals surface area contributed by atoms with E-state index in [1.165, 1.54) is 19.1 Å². The Morgan fingerprint density at radius 2 is 1.66 bits per heavy atom. The summed E-state index contributed by atoms with van der Waals surface area (Å²) >= 11 is 6.14. The van der Waals surface area contributed by atoms with Crippen LogP contribution in [0.15, 0.2) is 30.3 Å². The molecule has 0 aliphatic carbocycles. The molecule has 2 heterocycles. The van der Waals surface area contributed by atoms with Gasteiger partial charge in [0.05, 0.1) is 10.6 Å². The van der Waals surface area contributed by atoms with E-state index < -0.39 is 18.0 Å². The predicted molar refractivity (Wildman–Crippen MR) is 103 cm³/mol. The second-order valence-corrected chi connectivity index (χ2v) is 6.78. The minimum Gasteiger partial charge on any atom is -0.486 e. The van der Waals surface area contributed by atoms with Gasteiger partial charge < -0.3 is 29.0 Å². The molecule has 1 amide bonds. The van der Waals surface area contributed by atoms with Crippen molar-refractivity contribution in [2.75, 3.05) is 31.7 Å². The highest BCUT2D eigenvalue weighted by Crippen LogP contribution is 2.38. The van der Waals surface area contributed by atoms with Gasteiger partial charge in [-0.1, -0.05) is 11.6 Å². The van der Waals surface area contributed by atoms with Crippen LogP contribution >= 0.6 is 11.6 Å². The summed E-state index contributed by atoms with van der Waals surface area (Å²) in [5, 5.41) is 2.93. The zero-order valence-corrected chi connectivity index (χ0v) is 16.3. The van der Waals surface area contributed by atoms with Gasteiger partial charge in [0.2, 0.25) is 0 Å². The summed E-state index contributed by atoms with van der Waals surface area (Å²) in [6.07, 6.45) is -1.04. The Hall–Kier alpha value is -3.13. The maximum atomic E-state index is 12.4. The lowest BCUT2D eigenvalue weighted by molar-refractivity contribution is -0.123. The number of fused-ring (bicyclic) bond motifs is 2. The number of hydrogen-bond donors (Lipinski definition) is 1. The number of halogens is 1. The van der Waals surface area contributed by atoms with E-state index in [2.05, 4.69) is 5.32 Å². The summed E-state index contributed by atoms with van der Waals surface area (Å²) < 4.78 is 27.1. The summed E-state index contributed by atoms with van der Waals surface area (Å²) in [5.74, 6) is 0.726. The lowest BCUT2D eigenvalue weighted by atomic mass is 10.2. The van der Waals surface area contributed by atoms with Gasteiger partial charge in [0.25, 0.3) is 5.91 Å². The number of carbonyl (C=O) groups is 2. The fraction of sp³-hybridized carbons (Fsp3) is 0.300. The van der Waals surface area contributed by atoms with Gasteiger partial charge in [-0.15, -0.1) is 0 Å². The van der Waals surface area contributed by atoms with E-state index in [1.54, 1.807) is 18.2 Å². The van der Waals surface area contributed by atoms with Crippen LogP contribution in [0.3, 0.4) is 0 Å². The standard InChI is InChI=1S/C20H18ClNO7/c1-11(19(23)22-13-2-3-15-16(10-13)26-5-4-25-15)29-20(24)12-8-14(21)18-17(9-12)27-6-7-28-18/h2-3,8-11H,4-7H2,1H3,(H,22,23)/t11-/m0/s1. The number of hydrogen-bond acceptors (Lipinski definition) is 7. The third kappa shape index (κ3) is 4.17. The zero-order chi connectivity index (χ0) is 20.4. The van der Waals surface area contributed by atoms with E-state index >= 15 is 0 Å². The van der Waals surface area contributed by atoms with Crippen molar-refractivity contribution in [3.05, 3.63) is 40.9 Å². The van der Waals surface area contributed by atoms with Crippen molar-refractivity contribution < 1.29 is 33.3 Å². The topological polar surface area (TPSA) is 92.3 Å². The van der Waals surface area contributed by atoms with Crippen LogP contribution in [0, 0.1) is 0 Å². The van der Waals surface area contributed by atoms with Crippen LogP contribution in [0.1, 0.15) is 17.3 Å². The van der Waals surface area contributed by atoms with Crippen molar-refractivity contribution in [3.8, 4) is 23.0 Å². The Morgan fingerprint density at radius 1 is 0.966 bits per heavy atom. The number of amides is 1. The van der Waals surface area contributed by atoms with Crippen LogP contribution in [-0.2, 0) is 9.53 Å². The first-order chi connectivity index (χ1) is 14.0. The van der Waals surface area contributed by atoms with Crippen molar-refractivity contribution in [1.29, 1.82) is 0 Å². The van der Waals surface area contributed by atoms with Crippen LogP contribution in [-0.4, -0.2) is 44.4 Å². The molecule has 1 atom stereocenters. The van der Waals surface area contributed by atoms with Gasteiger partial charge in [-0.05, 0) is 31.2 Å². The number of ether oxygens (including phenoxy) is 5. The summed E-state index contributed by atoms with van der Waals surface area (Å²) in [6, 6.07) is 7.94. The molecule has 2 aromatic carbocycles. The van der Waals surface area contributed by atoms with Crippen molar-refractivity contribution in [2.24, 2.45) is 0 Å². The Morgan fingerprint density at radius 3 is 2.45 bits per heavy atom. The molecule has 0 saturated heterocycles. The molecule has 8 nitrogen and oxygen atoms in total. The highest BCUT2D eigenvalue weighted by molar-refractivity contribution is 6.32. The minimum absolute atomic E-state index is 0.165. The average Bonchev–Trinajstić information content (AvgIpc) is 2.73. The van der Waals surface area contributed by atoms with E-state index in [0.717, 1.165) is 0 Å². The minimum atomic E-state index is -1.04. The van der Waals surface area contributed by atoms with Crippen molar-refractivity contribution in [3.63, 3.8) is 0 Å². The van der Waals surface area contributed by atoms with E-state index in [9.17, 15) is 9.59 Å². The van der Waals surface area contributed by atoms with E-state index in [1.807, 2.05) is 0 Å². The monoisotopic (exact) mass is 419 g/mol. The molecule has 4 rings (SSSR count). The predicted octanol–water partition coefficient (Wildman–Crippen LogP) is 3.07. The first-order valence-corrected chi connectivity index (χ1v) is 9.39. The summed E-state index contributed by atoms with van der Waals surface area (Å²) in [6.45, 7) is 3.14. The van der Waals surface area contributed by atoms with E-state index in [-0.39, 0.29) is 10.6 Å². The van der Waals surface area contributed by atoms with Gasteiger partial charge in [-0.2, -0.15) is 0 Å². The molecule has 29 heavy (non-hydrogen) atoms. The van der Waals surface area contributed by atoms with Crippen LogP contribution in [0.25, 0.3) is 0 Å². The molecular weight excluding hydrogens is 402 g/mol. The number of carbonyl (C=O) groups excluding carboxylic acids is 2. The molecule has 0 spiro atoms. The average molecular weight is 420 g/mol. The lowest BCUT2D eigenvalue weighted by Gasteiger charge is -2.21. The maximum absolute atomic E-state index is 12.4. The molecule has 0 saturated carbocycles. The van der Waals surface area contributed by atoms with Gasteiger partial charge in [-0.25, -0.2) is 4.79 Å². The summed E-state index contributed by atoms with van der Waals surface area (Å²) in [4.78, 5) is 24.9. The molecule has 0 bridgehead atoms. The third-order valence-electron chi connectivity index (χ3n) is 4.30. The van der Waals surface area contributed by atoms with E-state index in [0.29, 0.717) is 55.1 Å². The second kappa shape index (κ2) is 8.08. The molecule has 1 N–H and O–H groups in total.